The molecule has 1 fully saturated rings. The van der Waals surface area contributed by atoms with Gasteiger partial charge in [-0.25, -0.2) is 9.67 Å². The van der Waals surface area contributed by atoms with E-state index in [1.807, 2.05) is 12.1 Å². The first kappa shape index (κ1) is 19.8. The molecule has 5 rings (SSSR count). The molecule has 1 unspecified atom stereocenters. The lowest BCUT2D eigenvalue weighted by molar-refractivity contribution is -0.117. The van der Waals surface area contributed by atoms with Crippen LogP contribution in [0.25, 0.3) is 5.69 Å². The summed E-state index contributed by atoms with van der Waals surface area (Å²) in [7, 11) is 0. The van der Waals surface area contributed by atoms with Gasteiger partial charge in [-0.3, -0.25) is 9.69 Å². The number of rotatable bonds is 5. The molecular formula is C22H22ClN5O3. The lowest BCUT2D eigenvalue weighted by atomic mass is 10.0. The zero-order chi connectivity index (χ0) is 21.2. The molecule has 3 heterocycles. The van der Waals surface area contributed by atoms with Gasteiger partial charge in [0.2, 0.25) is 5.91 Å². The van der Waals surface area contributed by atoms with Gasteiger partial charge in [0.15, 0.2) is 11.5 Å². The molecular weight excluding hydrogens is 418 g/mol. The quantitative estimate of drug-likeness (QED) is 0.655. The molecule has 0 bridgehead atoms. The van der Waals surface area contributed by atoms with Crippen LogP contribution in [-0.4, -0.2) is 51.9 Å². The zero-order valence-electron chi connectivity index (χ0n) is 16.8. The minimum atomic E-state index is -0.104. The maximum absolute atomic E-state index is 12.9. The number of nitrogens with zero attached hydrogens (tertiary/aromatic N) is 4. The van der Waals surface area contributed by atoms with E-state index in [2.05, 4.69) is 26.4 Å². The summed E-state index contributed by atoms with van der Waals surface area (Å²) in [6.45, 7) is 2.27. The average Bonchev–Trinajstić information content (AvgIpc) is 3.46. The minimum Gasteiger partial charge on any atom is -0.486 e. The van der Waals surface area contributed by atoms with Gasteiger partial charge in [0, 0.05) is 11.1 Å². The van der Waals surface area contributed by atoms with Gasteiger partial charge in [-0.15, -0.1) is 0 Å². The van der Waals surface area contributed by atoms with Crippen molar-refractivity contribution < 1.29 is 14.3 Å². The molecule has 9 heteroatoms. The number of nitrogens with one attached hydrogen (secondary N) is 1. The van der Waals surface area contributed by atoms with E-state index in [1.54, 1.807) is 29.2 Å². The number of hydrogen-bond acceptors (Lipinski definition) is 6. The van der Waals surface area contributed by atoms with Gasteiger partial charge in [0.05, 0.1) is 17.9 Å². The molecule has 31 heavy (non-hydrogen) atoms. The van der Waals surface area contributed by atoms with E-state index in [0.717, 1.165) is 36.4 Å². The van der Waals surface area contributed by atoms with E-state index in [4.69, 9.17) is 21.1 Å². The van der Waals surface area contributed by atoms with Crippen molar-refractivity contribution >= 4 is 23.2 Å². The number of ether oxygens (including phenoxy) is 2. The Morgan fingerprint density at radius 1 is 1.16 bits per heavy atom. The van der Waals surface area contributed by atoms with Gasteiger partial charge in [-0.1, -0.05) is 17.7 Å². The fourth-order valence-corrected chi connectivity index (χ4v) is 4.35. The third kappa shape index (κ3) is 4.22. The molecule has 1 amide bonds. The first-order valence-electron chi connectivity index (χ1n) is 10.3. The van der Waals surface area contributed by atoms with E-state index in [-0.39, 0.29) is 18.5 Å². The van der Waals surface area contributed by atoms with Gasteiger partial charge < -0.3 is 14.8 Å². The summed E-state index contributed by atoms with van der Waals surface area (Å²) in [6, 6.07) is 11.5. The van der Waals surface area contributed by atoms with Crippen molar-refractivity contribution in [3.05, 3.63) is 59.6 Å². The van der Waals surface area contributed by atoms with Crippen molar-refractivity contribution in [2.24, 2.45) is 0 Å². The van der Waals surface area contributed by atoms with E-state index in [9.17, 15) is 4.79 Å². The van der Waals surface area contributed by atoms with E-state index in [0.29, 0.717) is 29.6 Å². The number of anilines is 1. The lowest BCUT2D eigenvalue weighted by Crippen LogP contribution is -2.33. The Kier molecular flexibility index (Phi) is 5.48. The number of amides is 1. The molecule has 3 aromatic rings. The molecule has 8 nitrogen and oxygen atoms in total. The fraction of sp³-hybridized carbons (Fsp3) is 0.318. The number of benzene rings is 2. The second-order valence-electron chi connectivity index (χ2n) is 7.58. The summed E-state index contributed by atoms with van der Waals surface area (Å²) in [5.74, 6) is 1.45. The predicted molar refractivity (Wildman–Crippen MR) is 116 cm³/mol. The first-order chi connectivity index (χ1) is 15.2. The molecule has 0 radical (unpaired) electrons. The van der Waals surface area contributed by atoms with Gasteiger partial charge >= 0.3 is 0 Å². The maximum atomic E-state index is 12.9. The molecule has 1 atom stereocenters. The molecule has 0 saturated carbocycles. The Hall–Kier alpha value is -3.10. The summed E-state index contributed by atoms with van der Waals surface area (Å²) in [6.07, 6.45) is 5.06. The summed E-state index contributed by atoms with van der Waals surface area (Å²) in [5.41, 5.74) is 2.44. The number of likely N-dealkylation sites (tertiary alicyclic amines) is 1. The van der Waals surface area contributed by atoms with Crippen LogP contribution in [0.5, 0.6) is 11.5 Å². The highest BCUT2D eigenvalue weighted by Gasteiger charge is 2.29. The van der Waals surface area contributed by atoms with Crippen molar-refractivity contribution in [1.82, 2.24) is 19.7 Å². The Morgan fingerprint density at radius 3 is 2.87 bits per heavy atom. The third-order valence-corrected chi connectivity index (χ3v) is 5.79. The van der Waals surface area contributed by atoms with E-state index >= 15 is 0 Å². The second kappa shape index (κ2) is 8.56. The van der Waals surface area contributed by atoms with Gasteiger partial charge in [0.1, 0.15) is 25.9 Å². The van der Waals surface area contributed by atoms with Gasteiger partial charge in [0.25, 0.3) is 0 Å². The van der Waals surface area contributed by atoms with Crippen LogP contribution in [-0.2, 0) is 4.79 Å². The maximum Gasteiger partial charge on any atom is 0.238 e. The number of fused-ring (bicyclic) bond motifs is 1. The summed E-state index contributed by atoms with van der Waals surface area (Å²) in [4.78, 5) is 19.1. The molecule has 0 spiro atoms. The average molecular weight is 440 g/mol. The van der Waals surface area contributed by atoms with Crippen molar-refractivity contribution in [2.75, 3.05) is 31.6 Å². The normalized spacial score (nSPS) is 18.2. The molecule has 2 aliphatic heterocycles. The van der Waals surface area contributed by atoms with Crippen molar-refractivity contribution in [3.8, 4) is 17.2 Å². The number of aromatic nitrogens is 3. The number of hydrogen-bond donors (Lipinski definition) is 1. The standard InChI is InChI=1S/C22H22ClN5O3/c23-16-4-5-19(28-14-24-13-25-28)17(11-16)26-22(29)12-27-7-1-2-18(27)15-3-6-20-21(10-15)31-9-8-30-20/h3-6,10-11,13-14,18H,1-2,7-9,12H2,(H,26,29). The highest BCUT2D eigenvalue weighted by Crippen LogP contribution is 2.38. The summed E-state index contributed by atoms with van der Waals surface area (Å²) < 4.78 is 13.0. The zero-order valence-corrected chi connectivity index (χ0v) is 17.6. The van der Waals surface area contributed by atoms with Gasteiger partial charge in [-0.2, -0.15) is 5.10 Å². The van der Waals surface area contributed by atoms with Crippen molar-refractivity contribution in [3.63, 3.8) is 0 Å². The van der Waals surface area contributed by atoms with E-state index < -0.39 is 0 Å². The molecule has 160 valence electrons. The van der Waals surface area contributed by atoms with Crippen LogP contribution in [0.1, 0.15) is 24.4 Å². The Labute approximate surface area is 184 Å². The third-order valence-electron chi connectivity index (χ3n) is 5.56. The second-order valence-corrected chi connectivity index (χ2v) is 8.02. The molecule has 0 aliphatic carbocycles. The van der Waals surface area contributed by atoms with Crippen molar-refractivity contribution in [2.45, 2.75) is 18.9 Å². The first-order valence-corrected chi connectivity index (χ1v) is 10.6. The van der Waals surface area contributed by atoms with E-state index in [1.165, 1.54) is 6.33 Å². The topological polar surface area (TPSA) is 81.5 Å². The van der Waals surface area contributed by atoms with Crippen LogP contribution in [0.4, 0.5) is 5.69 Å². The molecule has 2 aromatic carbocycles. The summed E-state index contributed by atoms with van der Waals surface area (Å²) >= 11 is 6.16. The molecule has 2 aliphatic rings. The minimum absolute atomic E-state index is 0.104. The monoisotopic (exact) mass is 439 g/mol. The van der Waals surface area contributed by atoms with Crippen LogP contribution in [0.2, 0.25) is 5.02 Å². The Morgan fingerprint density at radius 2 is 2.03 bits per heavy atom. The van der Waals surface area contributed by atoms with Crippen LogP contribution < -0.4 is 14.8 Å². The van der Waals surface area contributed by atoms with Crippen molar-refractivity contribution in [1.29, 1.82) is 0 Å². The number of halogens is 1. The van der Waals surface area contributed by atoms with Crippen LogP contribution >= 0.6 is 11.6 Å². The van der Waals surface area contributed by atoms with Crippen LogP contribution in [0.15, 0.2) is 49.1 Å². The Bertz CT molecular complexity index is 1090. The SMILES string of the molecule is O=C(CN1CCCC1c1ccc2c(c1)OCCO2)Nc1cc(Cl)ccc1-n1cncn1. The highest BCUT2D eigenvalue weighted by atomic mass is 35.5. The van der Waals surface area contributed by atoms with Crippen LogP contribution in [0.3, 0.4) is 0 Å². The molecule has 1 saturated heterocycles. The molecule has 1 N–H and O–H groups in total. The smallest absolute Gasteiger partial charge is 0.238 e. The molecule has 1 aromatic heterocycles. The lowest BCUT2D eigenvalue weighted by Gasteiger charge is -2.26. The summed E-state index contributed by atoms with van der Waals surface area (Å²) in [5, 5.41) is 7.68. The largest absolute Gasteiger partial charge is 0.486 e. The van der Waals surface area contributed by atoms with Gasteiger partial charge in [-0.05, 0) is 55.3 Å². The Balaban J connectivity index is 1.31. The number of carbonyl (C=O) groups is 1. The highest BCUT2D eigenvalue weighted by molar-refractivity contribution is 6.31. The van der Waals surface area contributed by atoms with Crippen LogP contribution in [0, 0.1) is 0 Å². The predicted octanol–water partition coefficient (Wildman–Crippen LogP) is 3.47. The fourth-order valence-electron chi connectivity index (χ4n) is 4.18. The number of carbonyl (C=O) groups excluding carboxylic acids is 1.